The first-order valence-electron chi connectivity index (χ1n) is 27.5. The minimum atomic E-state index is -1.68. The Kier molecular flexibility index (Phi) is 42.6. The molecule has 67 heavy (non-hydrogen) atoms. The molecule has 1 saturated heterocycles. The summed E-state index contributed by atoms with van der Waals surface area (Å²) in [5.74, 6) is -0.721. The van der Waals surface area contributed by atoms with Crippen molar-refractivity contribution in [3.63, 3.8) is 0 Å². The molecule has 1 heterocycles. The summed E-state index contributed by atoms with van der Waals surface area (Å²) in [5, 5.41) is 76.0. The fraction of sp³-hybridized carbons (Fsp3) is 0.839. The van der Waals surface area contributed by atoms with Gasteiger partial charge in [-0.2, -0.15) is 0 Å². The number of hydrogen-bond acceptors (Lipinski definition) is 10. The maximum Gasteiger partial charge on any atom is 0.249 e. The number of aliphatic hydroxyl groups excluding tert-OH is 7. The molecule has 9 unspecified atom stereocenters. The molecule has 8 N–H and O–H groups in total. The van der Waals surface area contributed by atoms with Crippen LogP contribution in [-0.2, 0) is 14.3 Å². The van der Waals surface area contributed by atoms with Crippen molar-refractivity contribution in [2.75, 3.05) is 13.2 Å². The van der Waals surface area contributed by atoms with Gasteiger partial charge in [0, 0.05) is 0 Å². The summed E-state index contributed by atoms with van der Waals surface area (Å²) in [4.78, 5) is 13.1. The van der Waals surface area contributed by atoms with E-state index in [0.717, 1.165) is 57.8 Å². The number of carbonyl (C=O) groups is 1. The summed E-state index contributed by atoms with van der Waals surface area (Å²) < 4.78 is 11.1. The Balaban J connectivity index is 2.40. The van der Waals surface area contributed by atoms with Crippen molar-refractivity contribution >= 4 is 5.91 Å². The van der Waals surface area contributed by atoms with E-state index >= 15 is 0 Å². The first-order chi connectivity index (χ1) is 32.7. The highest BCUT2D eigenvalue weighted by Crippen LogP contribution is 2.23. The summed E-state index contributed by atoms with van der Waals surface area (Å²) in [6, 6.07) is -1.20. The van der Waals surface area contributed by atoms with E-state index in [2.05, 4.69) is 67.8 Å². The van der Waals surface area contributed by atoms with Gasteiger partial charge in [-0.25, -0.2) is 0 Å². The molecule has 1 amide bonds. The molecular formula is C56H103NO10. The smallest absolute Gasteiger partial charge is 0.249 e. The second-order valence-electron chi connectivity index (χ2n) is 19.3. The van der Waals surface area contributed by atoms with Crippen molar-refractivity contribution in [3.05, 3.63) is 48.6 Å². The van der Waals surface area contributed by atoms with Gasteiger partial charge >= 0.3 is 0 Å². The van der Waals surface area contributed by atoms with Crippen molar-refractivity contribution in [3.8, 4) is 0 Å². The van der Waals surface area contributed by atoms with Crippen LogP contribution in [0.1, 0.15) is 232 Å². The molecule has 1 aliphatic heterocycles. The van der Waals surface area contributed by atoms with Gasteiger partial charge < -0.3 is 50.5 Å². The molecule has 0 aromatic heterocycles. The van der Waals surface area contributed by atoms with Crippen molar-refractivity contribution in [1.82, 2.24) is 5.32 Å². The summed E-state index contributed by atoms with van der Waals surface area (Å²) >= 11 is 0. The molecule has 11 heteroatoms. The summed E-state index contributed by atoms with van der Waals surface area (Å²) in [5.41, 5.74) is 0. The zero-order chi connectivity index (χ0) is 49.0. The van der Waals surface area contributed by atoms with Gasteiger partial charge in [0.2, 0.25) is 5.91 Å². The van der Waals surface area contributed by atoms with Crippen LogP contribution in [0.5, 0.6) is 0 Å². The van der Waals surface area contributed by atoms with E-state index in [4.69, 9.17) is 9.47 Å². The molecule has 0 saturated carbocycles. The van der Waals surface area contributed by atoms with Gasteiger partial charge in [0.25, 0.3) is 0 Å². The molecule has 1 aliphatic rings. The lowest BCUT2D eigenvalue weighted by Crippen LogP contribution is -2.60. The number of unbranched alkanes of at least 4 members (excludes halogenated alkanes) is 26. The molecule has 0 aromatic carbocycles. The highest BCUT2D eigenvalue weighted by Gasteiger charge is 2.44. The van der Waals surface area contributed by atoms with E-state index in [0.29, 0.717) is 19.3 Å². The Morgan fingerprint density at radius 1 is 0.507 bits per heavy atom. The second-order valence-corrected chi connectivity index (χ2v) is 19.3. The molecule has 1 fully saturated rings. The molecule has 0 spiro atoms. The predicted molar refractivity (Wildman–Crippen MR) is 275 cm³/mol. The monoisotopic (exact) mass is 950 g/mol. The number of ether oxygens (including phenoxy) is 2. The van der Waals surface area contributed by atoms with Gasteiger partial charge in [-0.3, -0.25) is 4.79 Å². The van der Waals surface area contributed by atoms with Crippen molar-refractivity contribution in [1.29, 1.82) is 0 Å². The van der Waals surface area contributed by atoms with Gasteiger partial charge in [-0.05, 0) is 89.9 Å². The largest absolute Gasteiger partial charge is 0.394 e. The number of carbonyl (C=O) groups excluding carboxylic acids is 1. The van der Waals surface area contributed by atoms with Crippen LogP contribution in [0, 0.1) is 0 Å². The van der Waals surface area contributed by atoms with Crippen LogP contribution >= 0.6 is 0 Å². The lowest BCUT2D eigenvalue weighted by molar-refractivity contribution is -0.303. The van der Waals surface area contributed by atoms with E-state index in [1.807, 2.05) is 0 Å². The fourth-order valence-electron chi connectivity index (χ4n) is 8.53. The number of rotatable bonds is 46. The van der Waals surface area contributed by atoms with Crippen LogP contribution < -0.4 is 5.32 Å². The zero-order valence-electron chi connectivity index (χ0n) is 42.6. The van der Waals surface area contributed by atoms with Gasteiger partial charge in [0.05, 0.1) is 25.4 Å². The van der Waals surface area contributed by atoms with Crippen LogP contribution in [0.15, 0.2) is 48.6 Å². The Bertz CT molecular complexity index is 1230. The number of hydrogen-bond donors (Lipinski definition) is 8. The van der Waals surface area contributed by atoms with Crippen LogP contribution in [-0.4, -0.2) is 110 Å². The van der Waals surface area contributed by atoms with Crippen LogP contribution in [0.2, 0.25) is 0 Å². The molecule has 1 rings (SSSR count). The zero-order valence-corrected chi connectivity index (χ0v) is 42.6. The summed E-state index contributed by atoms with van der Waals surface area (Å²) in [6.07, 6.45) is 44.5. The van der Waals surface area contributed by atoms with E-state index in [-0.39, 0.29) is 12.8 Å². The average Bonchev–Trinajstić information content (AvgIpc) is 3.33. The standard InChI is InChI=1S/C56H103NO10/c1-3-5-7-9-11-13-15-17-19-21-22-23-24-25-26-28-29-31-33-35-37-39-41-43-48(59)51(61)47(46-66-56-54(64)53(63)52(62)50(45-58)67-56)57-55(65)49(60)44-42-40-38-36-34-32-30-27-20-18-16-14-12-10-8-6-4-2/h23-24,28-30,32,35,37,47-54,56,58-64H,3-22,25-27,31,33-34,36,38-46H2,1-2H3,(H,57,65)/b24-23+,29-28+,32-30-,37-35+. The Morgan fingerprint density at radius 2 is 0.896 bits per heavy atom. The minimum Gasteiger partial charge on any atom is -0.394 e. The molecular weight excluding hydrogens is 847 g/mol. The average molecular weight is 950 g/mol. The second kappa shape index (κ2) is 45.2. The molecule has 0 bridgehead atoms. The molecule has 392 valence electrons. The molecule has 11 nitrogen and oxygen atoms in total. The topological polar surface area (TPSA) is 189 Å². The summed E-state index contributed by atoms with van der Waals surface area (Å²) in [6.45, 7) is 3.43. The van der Waals surface area contributed by atoms with E-state index in [9.17, 15) is 40.5 Å². The quantitative estimate of drug-likeness (QED) is 0.0215. The maximum atomic E-state index is 13.1. The van der Waals surface area contributed by atoms with E-state index in [1.54, 1.807) is 0 Å². The first kappa shape index (κ1) is 63.1. The van der Waals surface area contributed by atoms with Crippen molar-refractivity contribution in [2.24, 2.45) is 0 Å². The van der Waals surface area contributed by atoms with Crippen molar-refractivity contribution in [2.45, 2.75) is 287 Å². The normalized spacial score (nSPS) is 21.0. The first-order valence-corrected chi connectivity index (χ1v) is 27.5. The Labute approximate surface area is 409 Å². The summed E-state index contributed by atoms with van der Waals surface area (Å²) in [7, 11) is 0. The van der Waals surface area contributed by atoms with Gasteiger partial charge in [-0.15, -0.1) is 0 Å². The number of aliphatic hydroxyl groups is 7. The van der Waals surface area contributed by atoms with Crippen LogP contribution in [0.25, 0.3) is 0 Å². The number of allylic oxidation sites excluding steroid dienone is 8. The van der Waals surface area contributed by atoms with Crippen LogP contribution in [0.3, 0.4) is 0 Å². The van der Waals surface area contributed by atoms with Gasteiger partial charge in [-0.1, -0.05) is 191 Å². The third-order valence-electron chi connectivity index (χ3n) is 13.1. The molecule has 0 aliphatic carbocycles. The maximum absolute atomic E-state index is 13.1. The van der Waals surface area contributed by atoms with Gasteiger partial charge in [0.1, 0.15) is 36.6 Å². The van der Waals surface area contributed by atoms with E-state index < -0.39 is 74.2 Å². The Morgan fingerprint density at radius 3 is 1.33 bits per heavy atom. The minimum absolute atomic E-state index is 0.234. The van der Waals surface area contributed by atoms with E-state index in [1.165, 1.54) is 128 Å². The number of amides is 1. The predicted octanol–water partition coefficient (Wildman–Crippen LogP) is 10.9. The van der Waals surface area contributed by atoms with Crippen molar-refractivity contribution < 1.29 is 50.0 Å². The van der Waals surface area contributed by atoms with Crippen LogP contribution in [0.4, 0.5) is 0 Å². The Hall–Kier alpha value is -1.93. The lowest BCUT2D eigenvalue weighted by atomic mass is 9.98. The highest BCUT2D eigenvalue weighted by atomic mass is 16.7. The lowest BCUT2D eigenvalue weighted by Gasteiger charge is -2.40. The molecule has 0 radical (unpaired) electrons. The molecule has 0 aromatic rings. The highest BCUT2D eigenvalue weighted by molar-refractivity contribution is 5.80. The van der Waals surface area contributed by atoms with Gasteiger partial charge in [0.15, 0.2) is 6.29 Å². The number of nitrogens with one attached hydrogen (secondary N) is 1. The third-order valence-corrected chi connectivity index (χ3v) is 13.1. The SMILES string of the molecule is CCCCCCCCCCC/C=C\CCCCCCC(O)C(=O)NC(COC1OC(CO)C(O)C(O)C1O)C(O)C(O)CCC/C=C/CC/C=C/CC/C=C/CCCCCCCCCCCC. The molecule has 9 atom stereocenters. The third kappa shape index (κ3) is 34.1. The fourth-order valence-corrected chi connectivity index (χ4v) is 8.53.